The summed E-state index contributed by atoms with van der Waals surface area (Å²) in [6.45, 7) is 6.29. The van der Waals surface area contributed by atoms with Gasteiger partial charge in [0, 0.05) is 18.6 Å². The van der Waals surface area contributed by atoms with Crippen LogP contribution in [0.5, 0.6) is 0 Å². The molecule has 7 nitrogen and oxygen atoms in total. The van der Waals surface area contributed by atoms with Gasteiger partial charge in [-0.2, -0.15) is 5.10 Å². The third-order valence-electron chi connectivity index (χ3n) is 4.42. The van der Waals surface area contributed by atoms with E-state index in [0.29, 0.717) is 5.76 Å². The van der Waals surface area contributed by atoms with Gasteiger partial charge < -0.3 is 9.84 Å². The van der Waals surface area contributed by atoms with Gasteiger partial charge in [-0.15, -0.1) is 11.3 Å². The monoisotopic (exact) mass is 400 g/mol. The third-order valence-corrected chi connectivity index (χ3v) is 5.31. The Hall–Kier alpha value is -2.74. The number of thiophene rings is 1. The summed E-state index contributed by atoms with van der Waals surface area (Å²) in [5.74, 6) is 0.479. The first-order valence-corrected chi connectivity index (χ1v) is 10.2. The van der Waals surface area contributed by atoms with Crippen LogP contribution in [0.2, 0.25) is 0 Å². The Bertz CT molecular complexity index is 976. The zero-order valence-electron chi connectivity index (χ0n) is 16.2. The van der Waals surface area contributed by atoms with Crippen molar-refractivity contribution < 1.29 is 9.32 Å². The SMILES string of the molecule is CCCc1cc(C(=O)N[C@@H](Cn2nc(-c3cccs3)ccc2=O)C(C)C)no1. The molecule has 0 bridgehead atoms. The molecule has 3 aromatic heterocycles. The Labute approximate surface area is 167 Å². The lowest BCUT2D eigenvalue weighted by Crippen LogP contribution is -2.44. The fraction of sp³-hybridized carbons (Fsp3) is 0.400. The van der Waals surface area contributed by atoms with E-state index in [1.165, 1.54) is 10.7 Å². The molecule has 0 aliphatic heterocycles. The van der Waals surface area contributed by atoms with Crippen LogP contribution in [0, 0.1) is 5.92 Å². The van der Waals surface area contributed by atoms with Crippen LogP contribution in [0.4, 0.5) is 0 Å². The summed E-state index contributed by atoms with van der Waals surface area (Å²) < 4.78 is 6.59. The average molecular weight is 401 g/mol. The fourth-order valence-corrected chi connectivity index (χ4v) is 3.46. The van der Waals surface area contributed by atoms with Gasteiger partial charge in [-0.3, -0.25) is 9.59 Å². The summed E-state index contributed by atoms with van der Waals surface area (Å²) in [6.07, 6.45) is 1.66. The second-order valence-electron chi connectivity index (χ2n) is 6.97. The van der Waals surface area contributed by atoms with E-state index >= 15 is 0 Å². The Kier molecular flexibility index (Phi) is 6.41. The standard InChI is InChI=1S/C20H24N4O3S/c1-4-6-14-11-16(23-27-14)20(26)21-17(13(2)3)12-24-19(25)9-8-15(22-24)18-7-5-10-28-18/h5,7-11,13,17H,4,6,12H2,1-3H3,(H,21,26)/t17-/m0/s1. The minimum absolute atomic E-state index is 0.102. The van der Waals surface area contributed by atoms with Crippen LogP contribution < -0.4 is 10.9 Å². The molecule has 1 atom stereocenters. The van der Waals surface area contributed by atoms with Gasteiger partial charge in [0.1, 0.15) is 11.5 Å². The Morgan fingerprint density at radius 3 is 2.82 bits per heavy atom. The van der Waals surface area contributed by atoms with Gasteiger partial charge >= 0.3 is 0 Å². The summed E-state index contributed by atoms with van der Waals surface area (Å²) in [5, 5.41) is 13.3. The fourth-order valence-electron chi connectivity index (χ4n) is 2.77. The lowest BCUT2D eigenvalue weighted by Gasteiger charge is -2.22. The van der Waals surface area contributed by atoms with Crippen molar-refractivity contribution in [3.8, 4) is 10.6 Å². The minimum atomic E-state index is -0.313. The highest BCUT2D eigenvalue weighted by atomic mass is 32.1. The van der Waals surface area contributed by atoms with Crippen LogP contribution in [0.3, 0.4) is 0 Å². The molecule has 148 valence electrons. The molecule has 3 rings (SSSR count). The highest BCUT2D eigenvalue weighted by Crippen LogP contribution is 2.21. The van der Waals surface area contributed by atoms with Gasteiger partial charge in [0.05, 0.1) is 17.5 Å². The van der Waals surface area contributed by atoms with Crippen molar-refractivity contribution in [3.63, 3.8) is 0 Å². The third kappa shape index (κ3) is 4.75. The lowest BCUT2D eigenvalue weighted by atomic mass is 10.0. The molecule has 8 heteroatoms. The smallest absolute Gasteiger partial charge is 0.273 e. The first-order valence-electron chi connectivity index (χ1n) is 9.36. The molecule has 1 amide bonds. The molecule has 0 aliphatic rings. The second-order valence-corrected chi connectivity index (χ2v) is 7.92. The second kappa shape index (κ2) is 8.97. The van der Waals surface area contributed by atoms with Crippen LogP contribution in [0.15, 0.2) is 45.0 Å². The number of amides is 1. The van der Waals surface area contributed by atoms with Crippen molar-refractivity contribution in [3.05, 3.63) is 57.5 Å². The zero-order chi connectivity index (χ0) is 20.1. The van der Waals surface area contributed by atoms with E-state index in [1.807, 2.05) is 38.3 Å². The van der Waals surface area contributed by atoms with Crippen molar-refractivity contribution in [1.29, 1.82) is 0 Å². The van der Waals surface area contributed by atoms with Crippen LogP contribution in [-0.4, -0.2) is 26.9 Å². The van der Waals surface area contributed by atoms with Crippen molar-refractivity contribution >= 4 is 17.2 Å². The molecule has 1 N–H and O–H groups in total. The van der Waals surface area contributed by atoms with E-state index in [4.69, 9.17) is 4.52 Å². The molecule has 0 spiro atoms. The Morgan fingerprint density at radius 2 is 2.14 bits per heavy atom. The van der Waals surface area contributed by atoms with Gasteiger partial charge in [0.2, 0.25) is 0 Å². The quantitative estimate of drug-likeness (QED) is 0.626. The normalized spacial score (nSPS) is 12.3. The maximum Gasteiger partial charge on any atom is 0.273 e. The number of nitrogens with one attached hydrogen (secondary N) is 1. The minimum Gasteiger partial charge on any atom is -0.361 e. The van der Waals surface area contributed by atoms with Crippen LogP contribution in [0.1, 0.15) is 43.4 Å². The van der Waals surface area contributed by atoms with Gasteiger partial charge in [0.15, 0.2) is 5.69 Å². The van der Waals surface area contributed by atoms with Gasteiger partial charge in [-0.1, -0.05) is 32.0 Å². The molecule has 0 aromatic carbocycles. The van der Waals surface area contributed by atoms with E-state index in [1.54, 1.807) is 23.5 Å². The topological polar surface area (TPSA) is 90.0 Å². The summed E-state index contributed by atoms with van der Waals surface area (Å²) in [7, 11) is 0. The van der Waals surface area contributed by atoms with Crippen molar-refractivity contribution in [2.24, 2.45) is 5.92 Å². The highest BCUT2D eigenvalue weighted by molar-refractivity contribution is 7.13. The summed E-state index contributed by atoms with van der Waals surface area (Å²) in [4.78, 5) is 25.9. The van der Waals surface area contributed by atoms with Crippen LogP contribution >= 0.6 is 11.3 Å². The maximum atomic E-state index is 12.6. The Morgan fingerprint density at radius 1 is 1.32 bits per heavy atom. The number of aryl methyl sites for hydroxylation is 1. The van der Waals surface area contributed by atoms with Gasteiger partial charge in [0.25, 0.3) is 11.5 Å². The van der Waals surface area contributed by atoms with Gasteiger partial charge in [-0.05, 0) is 29.9 Å². The predicted octanol–water partition coefficient (Wildman–Crippen LogP) is 3.37. The molecule has 28 heavy (non-hydrogen) atoms. The van der Waals surface area contributed by atoms with E-state index < -0.39 is 0 Å². The summed E-state index contributed by atoms with van der Waals surface area (Å²) >= 11 is 1.56. The molecule has 0 aliphatic carbocycles. The molecule has 0 fully saturated rings. The number of hydrogen-bond acceptors (Lipinski definition) is 6. The van der Waals surface area contributed by atoms with E-state index in [2.05, 4.69) is 15.6 Å². The molecule has 0 saturated carbocycles. The molecule has 0 unspecified atom stereocenters. The zero-order valence-corrected chi connectivity index (χ0v) is 17.0. The summed E-state index contributed by atoms with van der Waals surface area (Å²) in [6, 6.07) is 8.52. The number of rotatable bonds is 8. The molecule has 3 heterocycles. The average Bonchev–Trinajstić information content (AvgIpc) is 3.35. The van der Waals surface area contributed by atoms with E-state index in [0.717, 1.165) is 23.4 Å². The molecular formula is C20H24N4O3S. The van der Waals surface area contributed by atoms with Crippen LogP contribution in [-0.2, 0) is 13.0 Å². The maximum absolute atomic E-state index is 12.6. The highest BCUT2D eigenvalue weighted by Gasteiger charge is 2.21. The number of hydrogen-bond donors (Lipinski definition) is 1. The molecular weight excluding hydrogens is 376 g/mol. The number of aromatic nitrogens is 3. The largest absolute Gasteiger partial charge is 0.361 e. The lowest BCUT2D eigenvalue weighted by molar-refractivity contribution is 0.0909. The van der Waals surface area contributed by atoms with Crippen molar-refractivity contribution in [2.75, 3.05) is 0 Å². The Balaban J connectivity index is 1.76. The number of carbonyl (C=O) groups is 1. The van der Waals surface area contributed by atoms with Crippen molar-refractivity contribution in [1.82, 2.24) is 20.3 Å². The summed E-state index contributed by atoms with van der Waals surface area (Å²) in [5.41, 5.74) is 0.790. The molecule has 0 radical (unpaired) electrons. The first-order chi connectivity index (χ1) is 13.5. The number of nitrogens with zero attached hydrogens (tertiary/aromatic N) is 3. The predicted molar refractivity (Wildman–Crippen MR) is 108 cm³/mol. The van der Waals surface area contributed by atoms with Gasteiger partial charge in [-0.25, -0.2) is 4.68 Å². The van der Waals surface area contributed by atoms with E-state index in [-0.39, 0.29) is 35.7 Å². The van der Waals surface area contributed by atoms with Crippen molar-refractivity contribution in [2.45, 2.75) is 46.2 Å². The molecule has 0 saturated heterocycles. The van der Waals surface area contributed by atoms with E-state index in [9.17, 15) is 9.59 Å². The van der Waals surface area contributed by atoms with Crippen LogP contribution in [0.25, 0.3) is 10.6 Å². The molecule has 3 aromatic rings. The number of carbonyl (C=O) groups excluding carboxylic acids is 1. The first kappa shape index (κ1) is 20.0.